The highest BCUT2D eigenvalue weighted by atomic mass is 16.6. The lowest BCUT2D eigenvalue weighted by Crippen LogP contribution is -2.00. The highest BCUT2D eigenvalue weighted by Gasteiger charge is 2.18. The number of hydrogen-bond donors (Lipinski definition) is 0. The number of aromatic nitrogens is 2. The van der Waals surface area contributed by atoms with Crippen molar-refractivity contribution < 1.29 is 14.5 Å². The van der Waals surface area contributed by atoms with E-state index in [1.807, 2.05) is 30.5 Å². The summed E-state index contributed by atoms with van der Waals surface area (Å²) in [6, 6.07) is 13.9. The first-order chi connectivity index (χ1) is 13.0. The summed E-state index contributed by atoms with van der Waals surface area (Å²) >= 11 is 0. The Labute approximate surface area is 156 Å². The quantitative estimate of drug-likeness (QED) is 0.361. The third kappa shape index (κ3) is 4.03. The van der Waals surface area contributed by atoms with Crippen molar-refractivity contribution in [1.82, 2.24) is 9.78 Å². The van der Waals surface area contributed by atoms with E-state index >= 15 is 0 Å². The highest BCUT2D eigenvalue weighted by molar-refractivity contribution is 5.72. The maximum atomic E-state index is 11.3. The molecule has 0 N–H and O–H groups in total. The Balaban J connectivity index is 1.99. The minimum Gasteiger partial charge on any atom is -0.497 e. The van der Waals surface area contributed by atoms with Crippen LogP contribution in [0.4, 0.5) is 5.69 Å². The van der Waals surface area contributed by atoms with Crippen molar-refractivity contribution in [2.24, 2.45) is 0 Å². The number of hydrogen-bond acceptors (Lipinski definition) is 5. The van der Waals surface area contributed by atoms with E-state index in [0.29, 0.717) is 17.8 Å². The zero-order valence-corrected chi connectivity index (χ0v) is 15.0. The lowest BCUT2D eigenvalue weighted by molar-refractivity contribution is -0.384. The standard InChI is InChI=1S/C20H19N3O4/c1-14(13-24)19-12-22(11-15-6-8-18(27-2)9-7-15)21-20(19)16-4-3-5-17(10-16)23(25)26/h3-10,12-14H,11H2,1-2H3. The number of methoxy groups -OCH3 is 1. The van der Waals surface area contributed by atoms with E-state index in [-0.39, 0.29) is 11.6 Å². The largest absolute Gasteiger partial charge is 0.497 e. The summed E-state index contributed by atoms with van der Waals surface area (Å²) in [7, 11) is 1.61. The molecule has 0 bridgehead atoms. The van der Waals surface area contributed by atoms with Crippen LogP contribution in [0.15, 0.2) is 54.7 Å². The molecule has 27 heavy (non-hydrogen) atoms. The average Bonchev–Trinajstić information content (AvgIpc) is 3.12. The molecule has 138 valence electrons. The molecule has 3 aromatic rings. The molecule has 1 heterocycles. The second-order valence-electron chi connectivity index (χ2n) is 6.21. The van der Waals surface area contributed by atoms with Gasteiger partial charge in [-0.05, 0) is 17.7 Å². The topological polar surface area (TPSA) is 87.3 Å². The van der Waals surface area contributed by atoms with Crippen LogP contribution in [0.5, 0.6) is 5.75 Å². The maximum absolute atomic E-state index is 11.3. The van der Waals surface area contributed by atoms with Crippen molar-refractivity contribution in [3.05, 3.63) is 76.0 Å². The maximum Gasteiger partial charge on any atom is 0.270 e. The van der Waals surface area contributed by atoms with Gasteiger partial charge in [0.25, 0.3) is 5.69 Å². The Morgan fingerprint density at radius 2 is 2.00 bits per heavy atom. The van der Waals surface area contributed by atoms with Gasteiger partial charge in [-0.25, -0.2) is 0 Å². The molecule has 0 aliphatic carbocycles. The van der Waals surface area contributed by atoms with Crippen molar-refractivity contribution >= 4 is 12.0 Å². The molecule has 1 aromatic heterocycles. The van der Waals surface area contributed by atoms with Gasteiger partial charge in [0.2, 0.25) is 0 Å². The molecular formula is C20H19N3O4. The Bertz CT molecular complexity index is 964. The Kier molecular flexibility index (Phi) is 5.30. The minimum atomic E-state index is -0.444. The summed E-state index contributed by atoms with van der Waals surface area (Å²) < 4.78 is 6.90. The number of non-ortho nitro benzene ring substituents is 1. The molecule has 1 unspecified atom stereocenters. The summed E-state index contributed by atoms with van der Waals surface area (Å²) in [5.74, 6) is 0.399. The first-order valence-electron chi connectivity index (χ1n) is 8.42. The third-order valence-electron chi connectivity index (χ3n) is 4.32. The van der Waals surface area contributed by atoms with Crippen LogP contribution in [0.25, 0.3) is 11.3 Å². The van der Waals surface area contributed by atoms with Crippen molar-refractivity contribution in [3.8, 4) is 17.0 Å². The molecule has 3 rings (SSSR count). The number of nitro benzene ring substituents is 1. The van der Waals surface area contributed by atoms with E-state index in [9.17, 15) is 14.9 Å². The van der Waals surface area contributed by atoms with Gasteiger partial charge in [-0.3, -0.25) is 14.8 Å². The number of nitro groups is 1. The zero-order chi connectivity index (χ0) is 19.4. The number of carbonyl (C=O) groups excluding carboxylic acids is 1. The fourth-order valence-electron chi connectivity index (χ4n) is 2.83. The van der Waals surface area contributed by atoms with Gasteiger partial charge in [-0.1, -0.05) is 31.2 Å². The smallest absolute Gasteiger partial charge is 0.270 e. The van der Waals surface area contributed by atoms with E-state index in [4.69, 9.17) is 4.74 Å². The number of aldehydes is 1. The number of carbonyl (C=O) groups is 1. The summed E-state index contributed by atoms with van der Waals surface area (Å²) in [5, 5.41) is 15.7. The number of nitrogens with zero attached hydrogens (tertiary/aromatic N) is 3. The van der Waals surface area contributed by atoms with E-state index in [1.54, 1.807) is 30.8 Å². The molecule has 7 nitrogen and oxygen atoms in total. The Morgan fingerprint density at radius 3 is 2.63 bits per heavy atom. The van der Waals surface area contributed by atoms with Crippen LogP contribution in [0.1, 0.15) is 24.0 Å². The molecule has 0 saturated heterocycles. The van der Waals surface area contributed by atoms with E-state index < -0.39 is 4.92 Å². The van der Waals surface area contributed by atoms with Crippen molar-refractivity contribution in [3.63, 3.8) is 0 Å². The van der Waals surface area contributed by atoms with Crippen LogP contribution in [0, 0.1) is 10.1 Å². The summed E-state index contributed by atoms with van der Waals surface area (Å²) in [5.41, 5.74) is 2.93. The molecule has 0 radical (unpaired) electrons. The van der Waals surface area contributed by atoms with Gasteiger partial charge in [-0.2, -0.15) is 5.10 Å². The van der Waals surface area contributed by atoms with Gasteiger partial charge in [0.1, 0.15) is 12.0 Å². The summed E-state index contributed by atoms with van der Waals surface area (Å²) in [6.45, 7) is 2.29. The van der Waals surface area contributed by atoms with Crippen molar-refractivity contribution in [2.45, 2.75) is 19.4 Å². The lowest BCUT2D eigenvalue weighted by Gasteiger charge is -2.04. The normalized spacial score (nSPS) is 11.8. The molecule has 0 fully saturated rings. The van der Waals surface area contributed by atoms with Gasteiger partial charge in [0, 0.05) is 35.4 Å². The van der Waals surface area contributed by atoms with Crippen LogP contribution < -0.4 is 4.74 Å². The second-order valence-corrected chi connectivity index (χ2v) is 6.21. The number of rotatable bonds is 7. The fraction of sp³-hybridized carbons (Fsp3) is 0.200. The molecule has 0 amide bonds. The predicted molar refractivity (Wildman–Crippen MR) is 101 cm³/mol. The van der Waals surface area contributed by atoms with Gasteiger partial charge in [0.15, 0.2) is 0 Å². The van der Waals surface area contributed by atoms with E-state index in [2.05, 4.69) is 5.10 Å². The molecular weight excluding hydrogens is 346 g/mol. The fourth-order valence-corrected chi connectivity index (χ4v) is 2.83. The van der Waals surface area contributed by atoms with E-state index in [1.165, 1.54) is 12.1 Å². The molecule has 1 atom stereocenters. The number of ether oxygens (including phenoxy) is 1. The van der Waals surface area contributed by atoms with Crippen molar-refractivity contribution in [2.75, 3.05) is 7.11 Å². The Morgan fingerprint density at radius 1 is 1.26 bits per heavy atom. The SMILES string of the molecule is COc1ccc(Cn2cc(C(C)C=O)c(-c3cccc([N+](=O)[O-])c3)n2)cc1. The molecule has 7 heteroatoms. The van der Waals surface area contributed by atoms with Crippen LogP contribution in [0.2, 0.25) is 0 Å². The van der Waals surface area contributed by atoms with Gasteiger partial charge >= 0.3 is 0 Å². The van der Waals surface area contributed by atoms with Crippen molar-refractivity contribution in [1.29, 1.82) is 0 Å². The highest BCUT2D eigenvalue weighted by Crippen LogP contribution is 2.30. The summed E-state index contributed by atoms with van der Waals surface area (Å²) in [6.07, 6.45) is 2.66. The summed E-state index contributed by atoms with van der Waals surface area (Å²) in [4.78, 5) is 22.0. The Hall–Kier alpha value is -3.48. The first-order valence-corrected chi connectivity index (χ1v) is 8.42. The zero-order valence-electron chi connectivity index (χ0n) is 15.0. The number of benzene rings is 2. The van der Waals surface area contributed by atoms with Crippen LogP contribution >= 0.6 is 0 Å². The van der Waals surface area contributed by atoms with Gasteiger partial charge in [0.05, 0.1) is 24.3 Å². The predicted octanol–water partition coefficient (Wildman–Crippen LogP) is 3.82. The molecule has 0 aliphatic rings. The molecule has 0 aliphatic heterocycles. The monoisotopic (exact) mass is 365 g/mol. The molecule has 0 spiro atoms. The second kappa shape index (κ2) is 7.82. The first kappa shape index (κ1) is 18.3. The van der Waals surface area contributed by atoms with Crippen LogP contribution in [-0.4, -0.2) is 28.1 Å². The van der Waals surface area contributed by atoms with Gasteiger partial charge < -0.3 is 9.53 Å². The lowest BCUT2D eigenvalue weighted by atomic mass is 9.99. The average molecular weight is 365 g/mol. The molecule has 0 saturated carbocycles. The van der Waals surface area contributed by atoms with E-state index in [0.717, 1.165) is 23.2 Å². The van der Waals surface area contributed by atoms with Gasteiger partial charge in [-0.15, -0.1) is 0 Å². The molecule has 2 aromatic carbocycles. The third-order valence-corrected chi connectivity index (χ3v) is 4.32. The van der Waals surface area contributed by atoms with Crippen LogP contribution in [0.3, 0.4) is 0 Å². The minimum absolute atomic E-state index is 0.0121. The van der Waals surface area contributed by atoms with Crippen LogP contribution in [-0.2, 0) is 11.3 Å².